The predicted octanol–water partition coefficient (Wildman–Crippen LogP) is 1.45. The first-order valence-electron chi connectivity index (χ1n) is 10.4. The molecule has 2 aromatic rings. The summed E-state index contributed by atoms with van der Waals surface area (Å²) in [7, 11) is 0. The van der Waals surface area contributed by atoms with Crippen LogP contribution in [-0.4, -0.2) is 80.8 Å². The number of rotatable bonds is 3. The Hall–Kier alpha value is -2.84. The van der Waals surface area contributed by atoms with Crippen LogP contribution in [-0.2, 0) is 9.53 Å². The Kier molecular flexibility index (Phi) is 4.33. The molecular weight excluding hydrogens is 372 g/mol. The topological polar surface area (TPSA) is 83.3 Å². The molecule has 0 N–H and O–H groups in total. The highest BCUT2D eigenvalue weighted by molar-refractivity contribution is 5.78. The van der Waals surface area contributed by atoms with Crippen molar-refractivity contribution in [3.05, 3.63) is 24.2 Å². The van der Waals surface area contributed by atoms with Crippen molar-refractivity contribution in [2.75, 3.05) is 31.1 Å². The van der Waals surface area contributed by atoms with Crippen LogP contribution in [0.5, 0.6) is 0 Å². The van der Waals surface area contributed by atoms with Crippen LogP contribution in [0.15, 0.2) is 18.5 Å². The fourth-order valence-corrected chi connectivity index (χ4v) is 4.94. The van der Waals surface area contributed by atoms with Crippen LogP contribution >= 0.6 is 0 Å². The molecule has 3 fully saturated rings. The Bertz CT molecular complexity index is 951. The van der Waals surface area contributed by atoms with Gasteiger partial charge in [-0.2, -0.15) is 5.10 Å². The number of piperidine rings is 1. The standard InChI is InChI=1S/C20H26N6O3/c1-3-18(27)24-11-16-17(12-24)29-20(28)26(16)14-4-7-23(8-5-14)19-15-10-13(2)22-25(15)9-6-21-19/h6,9-10,14,16-17H,3-5,7-8,11-12H2,1-2H3/t16-,17+/m1/s1. The van der Waals surface area contributed by atoms with E-state index in [2.05, 4.69) is 21.0 Å². The molecule has 0 bridgehead atoms. The van der Waals surface area contributed by atoms with Crippen molar-refractivity contribution < 1.29 is 14.3 Å². The van der Waals surface area contributed by atoms with Crippen molar-refractivity contribution >= 4 is 23.3 Å². The van der Waals surface area contributed by atoms with Gasteiger partial charge >= 0.3 is 6.09 Å². The first-order chi connectivity index (χ1) is 14.0. The van der Waals surface area contributed by atoms with E-state index in [0.717, 1.165) is 43.0 Å². The number of aryl methyl sites for hydroxylation is 1. The van der Waals surface area contributed by atoms with E-state index in [1.165, 1.54) is 0 Å². The minimum Gasteiger partial charge on any atom is -0.442 e. The summed E-state index contributed by atoms with van der Waals surface area (Å²) >= 11 is 0. The molecule has 0 saturated carbocycles. The van der Waals surface area contributed by atoms with Crippen LogP contribution in [0.1, 0.15) is 31.9 Å². The minimum absolute atomic E-state index is 0.0198. The van der Waals surface area contributed by atoms with Crippen molar-refractivity contribution in [3.63, 3.8) is 0 Å². The molecule has 3 aliphatic rings. The quantitative estimate of drug-likeness (QED) is 0.778. The minimum atomic E-state index is -0.228. The SMILES string of the molecule is CCC(=O)N1C[C@@H]2OC(=O)N(C3CCN(c4nccn5nc(C)cc45)CC3)[C@@H]2C1. The Morgan fingerprint density at radius 3 is 2.83 bits per heavy atom. The molecule has 0 aliphatic carbocycles. The van der Waals surface area contributed by atoms with Crippen LogP contribution in [0.3, 0.4) is 0 Å². The second-order valence-electron chi connectivity index (χ2n) is 8.13. The molecule has 3 saturated heterocycles. The molecule has 0 radical (unpaired) electrons. The first-order valence-corrected chi connectivity index (χ1v) is 10.4. The highest BCUT2D eigenvalue weighted by Gasteiger charge is 2.51. The van der Waals surface area contributed by atoms with E-state index in [0.29, 0.717) is 19.5 Å². The molecule has 9 heteroatoms. The van der Waals surface area contributed by atoms with E-state index in [1.807, 2.05) is 34.4 Å². The molecule has 2 atom stereocenters. The van der Waals surface area contributed by atoms with Crippen molar-refractivity contribution in [2.45, 2.75) is 51.3 Å². The zero-order chi connectivity index (χ0) is 20.1. The van der Waals surface area contributed by atoms with Gasteiger partial charge in [-0.15, -0.1) is 0 Å². The lowest BCUT2D eigenvalue weighted by atomic mass is 10.0. The maximum atomic E-state index is 12.5. The third kappa shape index (κ3) is 2.99. The van der Waals surface area contributed by atoms with Gasteiger partial charge in [-0.3, -0.25) is 9.69 Å². The highest BCUT2D eigenvalue weighted by atomic mass is 16.6. The molecule has 2 aromatic heterocycles. The number of anilines is 1. The Labute approximate surface area is 169 Å². The van der Waals surface area contributed by atoms with E-state index in [1.54, 1.807) is 6.20 Å². The maximum absolute atomic E-state index is 12.5. The van der Waals surface area contributed by atoms with E-state index in [4.69, 9.17) is 4.74 Å². The number of carbonyl (C=O) groups excluding carboxylic acids is 2. The summed E-state index contributed by atoms with van der Waals surface area (Å²) < 4.78 is 7.47. The fraction of sp³-hybridized carbons (Fsp3) is 0.600. The molecule has 0 aromatic carbocycles. The third-order valence-electron chi connectivity index (χ3n) is 6.36. The largest absolute Gasteiger partial charge is 0.442 e. The molecule has 29 heavy (non-hydrogen) atoms. The van der Waals surface area contributed by atoms with E-state index in [-0.39, 0.29) is 30.2 Å². The van der Waals surface area contributed by atoms with Gasteiger partial charge in [0.1, 0.15) is 11.6 Å². The van der Waals surface area contributed by atoms with Gasteiger partial charge in [0.15, 0.2) is 5.82 Å². The number of hydrogen-bond donors (Lipinski definition) is 0. The number of fused-ring (bicyclic) bond motifs is 2. The molecule has 3 aliphatic heterocycles. The smallest absolute Gasteiger partial charge is 0.410 e. The molecular formula is C20H26N6O3. The molecule has 0 unspecified atom stereocenters. The Morgan fingerprint density at radius 1 is 1.28 bits per heavy atom. The van der Waals surface area contributed by atoms with Gasteiger partial charge in [0.2, 0.25) is 5.91 Å². The second kappa shape index (κ2) is 6.89. The number of likely N-dealkylation sites (tertiary alicyclic amines) is 1. The fourth-order valence-electron chi connectivity index (χ4n) is 4.94. The molecule has 5 heterocycles. The highest BCUT2D eigenvalue weighted by Crippen LogP contribution is 2.33. The van der Waals surface area contributed by atoms with Gasteiger partial charge in [-0.05, 0) is 25.8 Å². The zero-order valence-electron chi connectivity index (χ0n) is 16.8. The van der Waals surface area contributed by atoms with Gasteiger partial charge in [0.05, 0.1) is 18.3 Å². The summed E-state index contributed by atoms with van der Waals surface area (Å²) in [5.41, 5.74) is 1.97. The monoisotopic (exact) mass is 398 g/mol. The van der Waals surface area contributed by atoms with Crippen LogP contribution in [0, 0.1) is 6.92 Å². The van der Waals surface area contributed by atoms with Crippen molar-refractivity contribution in [1.82, 2.24) is 24.4 Å². The zero-order valence-corrected chi connectivity index (χ0v) is 16.8. The number of amides is 2. The number of hydrogen-bond acceptors (Lipinski definition) is 6. The Balaban J connectivity index is 1.29. The number of nitrogens with zero attached hydrogens (tertiary/aromatic N) is 6. The van der Waals surface area contributed by atoms with Crippen molar-refractivity contribution in [1.29, 1.82) is 0 Å². The summed E-state index contributed by atoms with van der Waals surface area (Å²) in [5, 5.41) is 4.47. The maximum Gasteiger partial charge on any atom is 0.410 e. The van der Waals surface area contributed by atoms with Crippen LogP contribution in [0.25, 0.3) is 5.52 Å². The molecule has 9 nitrogen and oxygen atoms in total. The summed E-state index contributed by atoms with van der Waals surface area (Å²) in [6, 6.07) is 2.17. The van der Waals surface area contributed by atoms with Crippen LogP contribution in [0.2, 0.25) is 0 Å². The predicted molar refractivity (Wildman–Crippen MR) is 106 cm³/mol. The van der Waals surface area contributed by atoms with Crippen molar-refractivity contribution in [2.24, 2.45) is 0 Å². The summed E-state index contributed by atoms with van der Waals surface area (Å²) in [4.78, 5) is 35.2. The average molecular weight is 398 g/mol. The summed E-state index contributed by atoms with van der Waals surface area (Å²) in [5.74, 6) is 1.06. The van der Waals surface area contributed by atoms with Crippen LogP contribution < -0.4 is 4.90 Å². The Morgan fingerprint density at radius 2 is 2.07 bits per heavy atom. The lowest BCUT2D eigenvalue weighted by Gasteiger charge is -2.38. The molecule has 2 amide bonds. The van der Waals surface area contributed by atoms with Crippen LogP contribution in [0.4, 0.5) is 10.6 Å². The third-order valence-corrected chi connectivity index (χ3v) is 6.36. The molecule has 5 rings (SSSR count). The molecule has 0 spiro atoms. The molecule has 154 valence electrons. The summed E-state index contributed by atoms with van der Waals surface area (Å²) in [6.45, 7) is 6.59. The van der Waals surface area contributed by atoms with Gasteiger partial charge < -0.3 is 14.5 Å². The lowest BCUT2D eigenvalue weighted by Crippen LogP contribution is -2.50. The number of aromatic nitrogens is 3. The van der Waals surface area contributed by atoms with Gasteiger partial charge in [-0.25, -0.2) is 14.3 Å². The van der Waals surface area contributed by atoms with Gasteiger partial charge in [0.25, 0.3) is 0 Å². The van der Waals surface area contributed by atoms with Gasteiger partial charge in [0, 0.05) is 44.5 Å². The number of ether oxygens (including phenoxy) is 1. The van der Waals surface area contributed by atoms with E-state index in [9.17, 15) is 9.59 Å². The first kappa shape index (κ1) is 18.2. The van der Waals surface area contributed by atoms with Gasteiger partial charge in [-0.1, -0.05) is 6.92 Å². The lowest BCUT2D eigenvalue weighted by molar-refractivity contribution is -0.130. The second-order valence-corrected chi connectivity index (χ2v) is 8.13. The van der Waals surface area contributed by atoms with E-state index >= 15 is 0 Å². The number of carbonyl (C=O) groups is 2. The normalized spacial score (nSPS) is 25.0. The average Bonchev–Trinajstić information content (AvgIpc) is 3.38. The summed E-state index contributed by atoms with van der Waals surface area (Å²) in [6.07, 6.45) is 5.42. The van der Waals surface area contributed by atoms with E-state index < -0.39 is 0 Å². The van der Waals surface area contributed by atoms with Crippen molar-refractivity contribution in [3.8, 4) is 0 Å².